The number of ether oxygens (including phenoxy) is 2. The number of aromatic nitrogens is 1. The van der Waals surface area contributed by atoms with Gasteiger partial charge in [0.2, 0.25) is 0 Å². The maximum atomic E-state index is 12.2. The Hall–Kier alpha value is -2.08. The molecule has 23 heavy (non-hydrogen) atoms. The third kappa shape index (κ3) is 3.32. The number of amides is 1. The molecule has 0 aliphatic carbocycles. The van der Waals surface area contributed by atoms with Gasteiger partial charge < -0.3 is 14.8 Å². The number of para-hydroxylation sites is 1. The average molecular weight is 332 g/mol. The molecule has 0 radical (unpaired) electrons. The molecule has 1 atom stereocenters. The van der Waals surface area contributed by atoms with E-state index in [4.69, 9.17) is 9.47 Å². The molecule has 0 saturated carbocycles. The number of rotatable bonds is 4. The van der Waals surface area contributed by atoms with Gasteiger partial charge in [-0.15, -0.1) is 11.3 Å². The lowest BCUT2D eigenvalue weighted by atomic mass is 9.96. The molecule has 0 saturated heterocycles. The molecule has 1 amide bonds. The molecule has 5 nitrogen and oxygen atoms in total. The van der Waals surface area contributed by atoms with Gasteiger partial charge in [0.15, 0.2) is 11.5 Å². The molecule has 1 aromatic heterocycles. The van der Waals surface area contributed by atoms with E-state index in [2.05, 4.69) is 10.3 Å². The zero-order chi connectivity index (χ0) is 16.4. The van der Waals surface area contributed by atoms with Crippen LogP contribution in [0.4, 0.5) is 0 Å². The highest BCUT2D eigenvalue weighted by Crippen LogP contribution is 2.35. The van der Waals surface area contributed by atoms with Crippen LogP contribution in [0, 0.1) is 19.8 Å². The van der Waals surface area contributed by atoms with E-state index in [0.717, 1.165) is 33.4 Å². The second-order valence-electron chi connectivity index (χ2n) is 5.68. The van der Waals surface area contributed by atoms with Crippen LogP contribution in [0.1, 0.15) is 25.9 Å². The molecule has 0 unspecified atom stereocenters. The van der Waals surface area contributed by atoms with Gasteiger partial charge >= 0.3 is 0 Å². The number of methoxy groups -OCH3 is 1. The molecule has 0 bridgehead atoms. The van der Waals surface area contributed by atoms with Gasteiger partial charge in [0, 0.05) is 17.3 Å². The van der Waals surface area contributed by atoms with Crippen molar-refractivity contribution in [3.05, 3.63) is 39.3 Å². The van der Waals surface area contributed by atoms with Crippen molar-refractivity contribution in [3.63, 3.8) is 0 Å². The van der Waals surface area contributed by atoms with Gasteiger partial charge in [-0.25, -0.2) is 4.98 Å². The predicted molar refractivity (Wildman–Crippen MR) is 89.6 cm³/mol. The Morgan fingerprint density at radius 3 is 3.00 bits per heavy atom. The zero-order valence-corrected chi connectivity index (χ0v) is 14.3. The van der Waals surface area contributed by atoms with Gasteiger partial charge in [-0.2, -0.15) is 0 Å². The van der Waals surface area contributed by atoms with E-state index in [1.165, 1.54) is 0 Å². The fourth-order valence-electron chi connectivity index (χ4n) is 2.81. The van der Waals surface area contributed by atoms with Gasteiger partial charge in [0.05, 0.1) is 18.7 Å². The molecule has 0 fully saturated rings. The van der Waals surface area contributed by atoms with Crippen molar-refractivity contribution in [2.75, 3.05) is 20.3 Å². The predicted octanol–water partition coefficient (Wildman–Crippen LogP) is 2.75. The van der Waals surface area contributed by atoms with Crippen LogP contribution in [0.5, 0.6) is 11.5 Å². The van der Waals surface area contributed by atoms with Crippen molar-refractivity contribution in [3.8, 4) is 11.5 Å². The van der Waals surface area contributed by atoms with Gasteiger partial charge in [0.25, 0.3) is 5.91 Å². The highest BCUT2D eigenvalue weighted by atomic mass is 32.1. The minimum absolute atomic E-state index is 0.108. The summed E-state index contributed by atoms with van der Waals surface area (Å²) in [6, 6.07) is 5.90. The number of nitrogens with zero attached hydrogens (tertiary/aromatic N) is 1. The highest BCUT2D eigenvalue weighted by molar-refractivity contribution is 7.11. The van der Waals surface area contributed by atoms with E-state index in [1.54, 1.807) is 18.4 Å². The minimum atomic E-state index is -0.108. The molecule has 0 spiro atoms. The second kappa shape index (κ2) is 6.58. The first-order valence-electron chi connectivity index (χ1n) is 7.59. The summed E-state index contributed by atoms with van der Waals surface area (Å²) in [5.74, 6) is 1.73. The maximum absolute atomic E-state index is 12.2. The number of benzene rings is 1. The van der Waals surface area contributed by atoms with Crippen molar-refractivity contribution in [1.82, 2.24) is 10.3 Å². The Morgan fingerprint density at radius 1 is 1.48 bits per heavy atom. The Kier molecular flexibility index (Phi) is 4.52. The van der Waals surface area contributed by atoms with E-state index in [-0.39, 0.29) is 11.8 Å². The molecule has 1 N–H and O–H groups in total. The minimum Gasteiger partial charge on any atom is -0.493 e. The molecule has 6 heteroatoms. The van der Waals surface area contributed by atoms with E-state index in [1.807, 2.05) is 32.0 Å². The summed E-state index contributed by atoms with van der Waals surface area (Å²) >= 11 is 1.54. The van der Waals surface area contributed by atoms with Crippen LogP contribution in [0.2, 0.25) is 0 Å². The number of hydrogen-bond donors (Lipinski definition) is 1. The lowest BCUT2D eigenvalue weighted by Gasteiger charge is -2.26. The van der Waals surface area contributed by atoms with Crippen LogP contribution in [-0.4, -0.2) is 31.2 Å². The average Bonchev–Trinajstić information content (AvgIpc) is 2.90. The highest BCUT2D eigenvalue weighted by Gasteiger charge is 2.23. The Morgan fingerprint density at radius 2 is 2.30 bits per heavy atom. The lowest BCUT2D eigenvalue weighted by molar-refractivity contribution is 0.0933. The first-order valence-corrected chi connectivity index (χ1v) is 8.41. The maximum Gasteiger partial charge on any atom is 0.271 e. The number of carbonyl (C=O) groups is 1. The van der Waals surface area contributed by atoms with Gasteiger partial charge in [-0.3, -0.25) is 4.79 Å². The van der Waals surface area contributed by atoms with Crippen LogP contribution in [0.15, 0.2) is 18.2 Å². The monoisotopic (exact) mass is 332 g/mol. The number of aryl methyl sites for hydroxylation is 2. The van der Waals surface area contributed by atoms with Gasteiger partial charge in [-0.1, -0.05) is 12.1 Å². The molecule has 2 aromatic rings. The first-order chi connectivity index (χ1) is 11.1. The molecule has 1 aromatic carbocycles. The van der Waals surface area contributed by atoms with Crippen molar-refractivity contribution in [2.45, 2.75) is 20.3 Å². The number of fused-ring (bicyclic) bond motifs is 1. The van der Waals surface area contributed by atoms with Crippen LogP contribution in [0.3, 0.4) is 0 Å². The van der Waals surface area contributed by atoms with Crippen molar-refractivity contribution < 1.29 is 14.3 Å². The van der Waals surface area contributed by atoms with Gasteiger partial charge in [0.1, 0.15) is 5.69 Å². The standard InChI is InChI=1S/C17H20N2O3S/c1-10-15(19-11(2)23-10)17(20)18-8-12-7-13-5-4-6-14(21-3)16(13)22-9-12/h4-6,12H,7-9H2,1-3H3,(H,18,20)/t12-/m1/s1. The summed E-state index contributed by atoms with van der Waals surface area (Å²) in [5, 5.41) is 3.89. The number of thiazole rings is 1. The van der Waals surface area contributed by atoms with E-state index < -0.39 is 0 Å². The molecule has 1 aliphatic heterocycles. The largest absolute Gasteiger partial charge is 0.493 e. The summed E-state index contributed by atoms with van der Waals surface area (Å²) < 4.78 is 11.2. The summed E-state index contributed by atoms with van der Waals surface area (Å²) in [7, 11) is 1.64. The Bertz CT molecular complexity index is 727. The van der Waals surface area contributed by atoms with Crippen LogP contribution < -0.4 is 14.8 Å². The first kappa shape index (κ1) is 15.8. The quantitative estimate of drug-likeness (QED) is 0.935. The third-order valence-electron chi connectivity index (χ3n) is 3.92. The van der Waals surface area contributed by atoms with E-state index in [9.17, 15) is 4.79 Å². The van der Waals surface area contributed by atoms with E-state index >= 15 is 0 Å². The summed E-state index contributed by atoms with van der Waals surface area (Å²) in [5.41, 5.74) is 1.65. The topological polar surface area (TPSA) is 60.5 Å². The van der Waals surface area contributed by atoms with Crippen LogP contribution in [0.25, 0.3) is 0 Å². The Balaban J connectivity index is 1.62. The third-order valence-corrected chi connectivity index (χ3v) is 4.81. The SMILES string of the molecule is COc1cccc2c1OC[C@@H](CNC(=O)c1nc(C)sc1C)C2. The van der Waals surface area contributed by atoms with Crippen molar-refractivity contribution >= 4 is 17.2 Å². The summed E-state index contributed by atoms with van der Waals surface area (Å²) in [4.78, 5) is 17.5. The number of nitrogens with one attached hydrogen (secondary N) is 1. The molecule has 3 rings (SSSR count). The molecular formula is C17H20N2O3S. The summed E-state index contributed by atoms with van der Waals surface area (Å²) in [6.07, 6.45) is 0.863. The molecule has 2 heterocycles. The number of carbonyl (C=O) groups excluding carboxylic acids is 1. The smallest absolute Gasteiger partial charge is 0.271 e. The molecule has 122 valence electrons. The van der Waals surface area contributed by atoms with Crippen LogP contribution >= 0.6 is 11.3 Å². The second-order valence-corrected chi connectivity index (χ2v) is 7.08. The van der Waals surface area contributed by atoms with Gasteiger partial charge in [-0.05, 0) is 31.9 Å². The molecular weight excluding hydrogens is 312 g/mol. The zero-order valence-electron chi connectivity index (χ0n) is 13.5. The fraction of sp³-hybridized carbons (Fsp3) is 0.412. The Labute approximate surface area is 139 Å². The van der Waals surface area contributed by atoms with Crippen LogP contribution in [-0.2, 0) is 6.42 Å². The van der Waals surface area contributed by atoms with Crippen molar-refractivity contribution in [1.29, 1.82) is 0 Å². The number of hydrogen-bond acceptors (Lipinski definition) is 5. The van der Waals surface area contributed by atoms with E-state index in [0.29, 0.717) is 18.8 Å². The fourth-order valence-corrected chi connectivity index (χ4v) is 3.62. The molecule has 1 aliphatic rings. The lowest BCUT2D eigenvalue weighted by Crippen LogP contribution is -2.35. The van der Waals surface area contributed by atoms with Crippen molar-refractivity contribution in [2.24, 2.45) is 5.92 Å². The normalized spacial score (nSPS) is 16.4. The summed E-state index contributed by atoms with van der Waals surface area (Å²) in [6.45, 7) is 4.98.